The predicted octanol–water partition coefficient (Wildman–Crippen LogP) is 5.05. The van der Waals surface area contributed by atoms with Crippen LogP contribution >= 0.6 is 12.6 Å². The number of rotatable bonds is 2. The monoisotopic (exact) mass is 367 g/mol. The van der Waals surface area contributed by atoms with E-state index in [1.54, 1.807) is 6.07 Å². The van der Waals surface area contributed by atoms with Crippen molar-refractivity contribution in [3.05, 3.63) is 42.0 Å². The summed E-state index contributed by atoms with van der Waals surface area (Å²) in [6.45, 7) is 0.993. The van der Waals surface area contributed by atoms with Crippen molar-refractivity contribution in [2.75, 3.05) is 5.32 Å². The number of thiol groups is 1. The van der Waals surface area contributed by atoms with E-state index in [2.05, 4.69) is 17.9 Å². The Labute approximate surface area is 138 Å². The molecule has 0 unspecified atom stereocenters. The minimum atomic E-state index is -5.73. The normalized spacial score (nSPS) is 13.2. The molecule has 130 valence electrons. The van der Waals surface area contributed by atoms with Gasteiger partial charge in [0.2, 0.25) is 10.7 Å². The summed E-state index contributed by atoms with van der Waals surface area (Å²) in [5, 5.41) is 2.51. The van der Waals surface area contributed by atoms with Crippen LogP contribution in [0.3, 0.4) is 0 Å². The molecule has 0 fully saturated rings. The number of amides is 1. The molecule has 1 N–H and O–H groups in total. The van der Waals surface area contributed by atoms with Crippen molar-refractivity contribution < 1.29 is 31.1 Å². The second-order valence-electron chi connectivity index (χ2n) is 5.10. The van der Waals surface area contributed by atoms with Crippen LogP contribution in [0.15, 0.2) is 36.4 Å². The Morgan fingerprint density at radius 1 is 0.958 bits per heavy atom. The molecule has 0 aliphatic heterocycles. The second-order valence-corrected chi connectivity index (χ2v) is 5.77. The summed E-state index contributed by atoms with van der Waals surface area (Å²) in [5.41, 5.74) is -1.75. The molecule has 2 rings (SSSR count). The summed E-state index contributed by atoms with van der Waals surface area (Å²) in [6.07, 6.45) is -11.5. The van der Waals surface area contributed by atoms with E-state index in [1.165, 1.54) is 18.2 Å². The van der Waals surface area contributed by atoms with Gasteiger partial charge >= 0.3 is 12.4 Å². The first kappa shape index (κ1) is 18.4. The third-order valence-corrected chi connectivity index (χ3v) is 4.19. The van der Waals surface area contributed by atoms with Crippen molar-refractivity contribution in [1.29, 1.82) is 0 Å². The Hall–Kier alpha value is -1.90. The van der Waals surface area contributed by atoms with Gasteiger partial charge < -0.3 is 5.32 Å². The Morgan fingerprint density at radius 3 is 2.00 bits per heavy atom. The van der Waals surface area contributed by atoms with Gasteiger partial charge in [-0.2, -0.15) is 26.3 Å². The number of anilines is 1. The molecule has 0 radical (unpaired) electrons. The average Bonchev–Trinajstić information content (AvgIpc) is 2.44. The minimum absolute atomic E-state index is 0.0529. The standard InChI is InChI=1S/C15H11F6NOS/c1-8(23)22-12-10-5-3-2-4-9(10)6-7-11(12)13(24,14(16,17)18)15(19,20)21/h2-7,24H,1H3,(H,22,23). The smallest absolute Gasteiger partial charge is 0.325 e. The molecule has 0 bridgehead atoms. The lowest BCUT2D eigenvalue weighted by molar-refractivity contribution is -0.268. The number of alkyl halides is 6. The van der Waals surface area contributed by atoms with E-state index in [0.29, 0.717) is 11.5 Å². The number of nitrogens with one attached hydrogen (secondary N) is 1. The van der Waals surface area contributed by atoms with E-state index in [9.17, 15) is 31.1 Å². The topological polar surface area (TPSA) is 29.1 Å². The fourth-order valence-corrected chi connectivity index (χ4v) is 2.54. The van der Waals surface area contributed by atoms with Crippen LogP contribution < -0.4 is 5.32 Å². The largest absolute Gasteiger partial charge is 0.415 e. The average molecular weight is 367 g/mol. The van der Waals surface area contributed by atoms with Gasteiger partial charge in [-0.1, -0.05) is 36.4 Å². The number of halogens is 6. The number of carbonyl (C=O) groups is 1. The van der Waals surface area contributed by atoms with Gasteiger partial charge in [0.05, 0.1) is 5.69 Å². The van der Waals surface area contributed by atoms with Crippen LogP contribution in [-0.2, 0) is 9.54 Å². The maximum absolute atomic E-state index is 13.3. The number of hydrogen-bond acceptors (Lipinski definition) is 2. The minimum Gasteiger partial charge on any atom is -0.325 e. The zero-order chi connectivity index (χ0) is 18.3. The molecule has 24 heavy (non-hydrogen) atoms. The van der Waals surface area contributed by atoms with Crippen LogP contribution in [0.1, 0.15) is 12.5 Å². The van der Waals surface area contributed by atoms with Gasteiger partial charge in [0.1, 0.15) is 0 Å². The molecule has 0 aliphatic rings. The molecule has 0 spiro atoms. The first-order chi connectivity index (χ1) is 10.9. The predicted molar refractivity (Wildman–Crippen MR) is 81.0 cm³/mol. The molecule has 2 aromatic rings. The molecule has 2 nitrogen and oxygen atoms in total. The molecule has 0 atom stereocenters. The summed E-state index contributed by atoms with van der Waals surface area (Å²) in [6, 6.07) is 7.65. The molecule has 0 saturated heterocycles. The first-order valence-corrected chi connectivity index (χ1v) is 7.00. The summed E-state index contributed by atoms with van der Waals surface area (Å²) < 4.78 is 75.3. The molecular formula is C15H11F6NOS. The Kier molecular flexibility index (Phi) is 4.51. The molecular weight excluding hydrogens is 356 g/mol. The molecule has 0 saturated carbocycles. The van der Waals surface area contributed by atoms with Crippen molar-refractivity contribution in [2.45, 2.75) is 24.0 Å². The van der Waals surface area contributed by atoms with Crippen LogP contribution in [-0.4, -0.2) is 18.3 Å². The van der Waals surface area contributed by atoms with Crippen LogP contribution in [0.4, 0.5) is 32.0 Å². The fraction of sp³-hybridized carbons (Fsp3) is 0.267. The highest BCUT2D eigenvalue weighted by Gasteiger charge is 2.70. The fourth-order valence-electron chi connectivity index (χ4n) is 2.35. The van der Waals surface area contributed by atoms with Gasteiger partial charge in [-0.05, 0) is 5.39 Å². The lowest BCUT2D eigenvalue weighted by Crippen LogP contribution is -2.50. The summed E-state index contributed by atoms with van der Waals surface area (Å²) in [5.74, 6) is -0.798. The molecule has 2 aromatic carbocycles. The summed E-state index contributed by atoms with van der Waals surface area (Å²) in [7, 11) is 0. The molecule has 9 heteroatoms. The van der Waals surface area contributed by atoms with E-state index in [-0.39, 0.29) is 5.39 Å². The van der Waals surface area contributed by atoms with Gasteiger partial charge in [-0.3, -0.25) is 4.79 Å². The van der Waals surface area contributed by atoms with Crippen molar-refractivity contribution in [3.63, 3.8) is 0 Å². The zero-order valence-electron chi connectivity index (χ0n) is 12.1. The zero-order valence-corrected chi connectivity index (χ0v) is 13.0. The van der Waals surface area contributed by atoms with Crippen molar-refractivity contribution in [2.24, 2.45) is 0 Å². The highest BCUT2D eigenvalue weighted by molar-refractivity contribution is 7.81. The third-order valence-electron chi connectivity index (χ3n) is 3.44. The van der Waals surface area contributed by atoms with Gasteiger partial charge in [0.15, 0.2) is 0 Å². The maximum Gasteiger partial charge on any atom is 0.415 e. The third kappa shape index (κ3) is 2.92. The summed E-state index contributed by atoms with van der Waals surface area (Å²) in [4.78, 5) is 11.3. The Bertz CT molecular complexity index is 770. The van der Waals surface area contributed by atoms with Crippen LogP contribution in [0, 0.1) is 0 Å². The van der Waals surface area contributed by atoms with Crippen LogP contribution in [0.25, 0.3) is 10.8 Å². The maximum atomic E-state index is 13.3. The summed E-state index contributed by atoms with van der Waals surface area (Å²) >= 11 is 2.99. The van der Waals surface area contributed by atoms with E-state index >= 15 is 0 Å². The molecule has 0 aliphatic carbocycles. The van der Waals surface area contributed by atoms with Crippen LogP contribution in [0.2, 0.25) is 0 Å². The van der Waals surface area contributed by atoms with Crippen molar-refractivity contribution in [3.8, 4) is 0 Å². The highest BCUT2D eigenvalue weighted by atomic mass is 32.1. The van der Waals surface area contributed by atoms with E-state index < -0.39 is 34.3 Å². The number of fused-ring (bicyclic) bond motifs is 1. The molecule has 1 amide bonds. The highest BCUT2D eigenvalue weighted by Crippen LogP contribution is 2.57. The van der Waals surface area contributed by atoms with Gasteiger partial charge in [-0.15, -0.1) is 12.6 Å². The Balaban J connectivity index is 2.90. The lowest BCUT2D eigenvalue weighted by Gasteiger charge is -2.35. The van der Waals surface area contributed by atoms with E-state index in [0.717, 1.165) is 13.0 Å². The number of carbonyl (C=O) groups excluding carboxylic acids is 1. The van der Waals surface area contributed by atoms with E-state index in [4.69, 9.17) is 0 Å². The lowest BCUT2D eigenvalue weighted by atomic mass is 9.91. The van der Waals surface area contributed by atoms with Crippen LogP contribution in [0.5, 0.6) is 0 Å². The van der Waals surface area contributed by atoms with Crippen molar-refractivity contribution in [1.82, 2.24) is 0 Å². The molecule has 0 heterocycles. The van der Waals surface area contributed by atoms with E-state index in [1.807, 2.05) is 0 Å². The second kappa shape index (κ2) is 5.87. The quantitative estimate of drug-likeness (QED) is 0.565. The van der Waals surface area contributed by atoms with Gasteiger partial charge in [-0.25, -0.2) is 0 Å². The van der Waals surface area contributed by atoms with Gasteiger partial charge in [0.25, 0.3) is 0 Å². The molecule has 0 aromatic heterocycles. The number of hydrogen-bond donors (Lipinski definition) is 2. The SMILES string of the molecule is CC(=O)Nc1c(C(S)(C(F)(F)F)C(F)(F)F)ccc2ccccc12. The van der Waals surface area contributed by atoms with Crippen molar-refractivity contribution >= 4 is 35.0 Å². The van der Waals surface area contributed by atoms with Gasteiger partial charge in [0, 0.05) is 17.9 Å². The number of benzene rings is 2. The Morgan fingerprint density at radius 2 is 1.50 bits per heavy atom. The first-order valence-electron chi connectivity index (χ1n) is 6.55.